The number of carbonyl (C=O) groups is 2. The molecule has 5 nitrogen and oxygen atoms in total. The highest BCUT2D eigenvalue weighted by Crippen LogP contribution is 2.23. The number of nitrogens with one attached hydrogen (secondary N) is 2. The molecule has 0 bridgehead atoms. The van der Waals surface area contributed by atoms with Gasteiger partial charge in [-0.15, -0.1) is 0 Å². The molecular weight excluding hydrogens is 302 g/mol. The largest absolute Gasteiger partial charge is 0.387 e. The number of carbonyl (C=O) groups excluding carboxylic acids is 2. The van der Waals surface area contributed by atoms with Crippen molar-refractivity contribution in [3.05, 3.63) is 41.6 Å². The number of ketones is 1. The van der Waals surface area contributed by atoms with Crippen LogP contribution < -0.4 is 10.6 Å². The Labute approximate surface area is 142 Å². The van der Waals surface area contributed by atoms with E-state index >= 15 is 0 Å². The van der Waals surface area contributed by atoms with Crippen LogP contribution in [-0.2, 0) is 4.79 Å². The highest BCUT2D eigenvalue weighted by Gasteiger charge is 2.20. The van der Waals surface area contributed by atoms with Crippen LogP contribution in [0.25, 0.3) is 0 Å². The fourth-order valence-corrected chi connectivity index (χ4v) is 2.92. The van der Waals surface area contributed by atoms with Crippen molar-refractivity contribution in [1.29, 1.82) is 5.26 Å². The second-order valence-corrected chi connectivity index (χ2v) is 6.30. The van der Waals surface area contributed by atoms with Crippen molar-refractivity contribution in [3.8, 4) is 6.07 Å². The third kappa shape index (κ3) is 4.69. The van der Waals surface area contributed by atoms with Crippen LogP contribution in [0.2, 0.25) is 0 Å². The minimum absolute atomic E-state index is 0.0287. The van der Waals surface area contributed by atoms with Gasteiger partial charge in [-0.3, -0.25) is 9.59 Å². The van der Waals surface area contributed by atoms with Gasteiger partial charge in [0.1, 0.15) is 11.6 Å². The first kappa shape index (κ1) is 17.7. The minimum atomic E-state index is -0.478. The van der Waals surface area contributed by atoms with Crippen molar-refractivity contribution < 1.29 is 9.59 Å². The number of hydrogen-bond acceptors (Lipinski definition) is 4. The molecule has 1 aliphatic rings. The Morgan fingerprint density at radius 3 is 2.71 bits per heavy atom. The summed E-state index contributed by atoms with van der Waals surface area (Å²) in [5, 5.41) is 15.1. The van der Waals surface area contributed by atoms with E-state index in [0.29, 0.717) is 23.2 Å². The number of amides is 1. The predicted octanol–water partition coefficient (Wildman–Crippen LogP) is 3.40. The van der Waals surface area contributed by atoms with Crippen LogP contribution in [-0.4, -0.2) is 17.7 Å². The zero-order valence-corrected chi connectivity index (χ0v) is 14.1. The monoisotopic (exact) mass is 325 g/mol. The zero-order chi connectivity index (χ0) is 17.5. The Hall–Kier alpha value is -2.61. The number of nitrogens with zero attached hydrogens (tertiary/aromatic N) is 1. The zero-order valence-electron chi connectivity index (χ0n) is 14.1. The summed E-state index contributed by atoms with van der Waals surface area (Å²) in [5.74, 6) is -0.0190. The highest BCUT2D eigenvalue weighted by atomic mass is 16.1. The first-order valence-electron chi connectivity index (χ1n) is 8.30. The van der Waals surface area contributed by atoms with Crippen LogP contribution in [0, 0.1) is 17.2 Å². The van der Waals surface area contributed by atoms with Crippen LogP contribution in [0.4, 0.5) is 5.69 Å². The second kappa shape index (κ2) is 8.30. The van der Waals surface area contributed by atoms with Crippen molar-refractivity contribution in [2.75, 3.05) is 5.32 Å². The molecule has 1 amide bonds. The smallest absolute Gasteiger partial charge is 0.267 e. The van der Waals surface area contributed by atoms with E-state index in [4.69, 9.17) is 0 Å². The number of nitriles is 1. The number of rotatable bonds is 5. The summed E-state index contributed by atoms with van der Waals surface area (Å²) in [7, 11) is 0. The van der Waals surface area contributed by atoms with Gasteiger partial charge in [0.05, 0.1) is 0 Å². The number of anilines is 1. The summed E-state index contributed by atoms with van der Waals surface area (Å²) in [6.45, 7) is 3.65. The third-order valence-corrected chi connectivity index (χ3v) is 4.45. The molecule has 0 aromatic heterocycles. The lowest BCUT2D eigenvalue weighted by Gasteiger charge is -2.29. The number of benzene rings is 1. The molecule has 0 aliphatic heterocycles. The molecule has 0 radical (unpaired) electrons. The Morgan fingerprint density at radius 1 is 1.29 bits per heavy atom. The van der Waals surface area contributed by atoms with Gasteiger partial charge in [0.2, 0.25) is 0 Å². The minimum Gasteiger partial charge on any atom is -0.387 e. The number of hydrogen-bond donors (Lipinski definition) is 2. The lowest BCUT2D eigenvalue weighted by molar-refractivity contribution is -0.112. The van der Waals surface area contributed by atoms with Gasteiger partial charge >= 0.3 is 0 Å². The Kier molecular flexibility index (Phi) is 6.14. The molecule has 1 aromatic carbocycles. The first-order chi connectivity index (χ1) is 11.5. The summed E-state index contributed by atoms with van der Waals surface area (Å²) < 4.78 is 0. The van der Waals surface area contributed by atoms with Crippen LogP contribution in [0.3, 0.4) is 0 Å². The van der Waals surface area contributed by atoms with Crippen LogP contribution in [0.1, 0.15) is 49.9 Å². The van der Waals surface area contributed by atoms with E-state index in [1.807, 2.05) is 6.07 Å². The van der Waals surface area contributed by atoms with Crippen LogP contribution in [0.15, 0.2) is 36.0 Å². The predicted molar refractivity (Wildman–Crippen MR) is 93.3 cm³/mol. The summed E-state index contributed by atoms with van der Waals surface area (Å²) >= 11 is 0. The molecule has 126 valence electrons. The average molecular weight is 325 g/mol. The highest BCUT2D eigenvalue weighted by molar-refractivity contribution is 6.07. The maximum absolute atomic E-state index is 12.3. The molecule has 2 rings (SSSR count). The maximum atomic E-state index is 12.3. The molecule has 2 atom stereocenters. The lowest BCUT2D eigenvalue weighted by Crippen LogP contribution is -2.34. The van der Waals surface area contributed by atoms with E-state index in [2.05, 4.69) is 17.6 Å². The molecule has 1 aromatic rings. The molecule has 1 aliphatic carbocycles. The Balaban J connectivity index is 2.03. The van der Waals surface area contributed by atoms with Crippen molar-refractivity contribution >= 4 is 17.4 Å². The SMILES string of the molecule is CC(=O)c1cccc(NC(=O)/C(C#N)=C\NC2CCCCC2C)c1. The molecule has 1 saturated carbocycles. The van der Waals surface area contributed by atoms with Crippen LogP contribution in [0.5, 0.6) is 0 Å². The Bertz CT molecular complexity index is 688. The van der Waals surface area contributed by atoms with Gasteiger partial charge in [0.15, 0.2) is 5.78 Å². The topological polar surface area (TPSA) is 82.0 Å². The van der Waals surface area contributed by atoms with E-state index in [-0.39, 0.29) is 11.4 Å². The fraction of sp³-hybridized carbons (Fsp3) is 0.421. The normalized spacial score (nSPS) is 20.8. The van der Waals surface area contributed by atoms with Crippen molar-refractivity contribution in [2.45, 2.75) is 45.6 Å². The van der Waals surface area contributed by atoms with E-state index in [0.717, 1.165) is 12.8 Å². The number of Topliss-reactive ketones (excluding diaryl/α,β-unsaturated/α-hetero) is 1. The van der Waals surface area contributed by atoms with Crippen molar-refractivity contribution in [2.24, 2.45) is 5.92 Å². The molecule has 0 saturated heterocycles. The lowest BCUT2D eigenvalue weighted by atomic mass is 9.86. The Morgan fingerprint density at radius 2 is 2.04 bits per heavy atom. The van der Waals surface area contributed by atoms with E-state index in [1.165, 1.54) is 26.0 Å². The summed E-state index contributed by atoms with van der Waals surface area (Å²) in [6.07, 6.45) is 6.13. The first-order valence-corrected chi connectivity index (χ1v) is 8.30. The molecule has 1 fully saturated rings. The fourth-order valence-electron chi connectivity index (χ4n) is 2.92. The molecule has 5 heteroatoms. The van der Waals surface area contributed by atoms with Gasteiger partial charge in [0, 0.05) is 23.5 Å². The summed E-state index contributed by atoms with van der Waals surface area (Å²) in [6, 6.07) is 8.91. The van der Waals surface area contributed by atoms with Crippen LogP contribution >= 0.6 is 0 Å². The van der Waals surface area contributed by atoms with Gasteiger partial charge in [0.25, 0.3) is 5.91 Å². The van der Waals surface area contributed by atoms with Gasteiger partial charge in [-0.05, 0) is 37.8 Å². The average Bonchev–Trinajstić information content (AvgIpc) is 2.57. The second-order valence-electron chi connectivity index (χ2n) is 6.30. The van der Waals surface area contributed by atoms with Gasteiger partial charge < -0.3 is 10.6 Å². The molecule has 2 unspecified atom stereocenters. The standard InChI is InChI=1S/C19H23N3O2/c1-13-6-3-4-9-18(13)21-12-16(11-20)19(24)22-17-8-5-7-15(10-17)14(2)23/h5,7-8,10,12-13,18,21H,3-4,6,9H2,1-2H3,(H,22,24)/b16-12-. The van der Waals surface area contributed by atoms with Gasteiger partial charge in [-0.1, -0.05) is 31.9 Å². The van der Waals surface area contributed by atoms with Crippen molar-refractivity contribution in [3.63, 3.8) is 0 Å². The maximum Gasteiger partial charge on any atom is 0.267 e. The molecule has 0 spiro atoms. The van der Waals surface area contributed by atoms with Crippen molar-refractivity contribution in [1.82, 2.24) is 5.32 Å². The van der Waals surface area contributed by atoms with Gasteiger partial charge in [-0.2, -0.15) is 5.26 Å². The molecule has 24 heavy (non-hydrogen) atoms. The molecule has 2 N–H and O–H groups in total. The van der Waals surface area contributed by atoms with E-state index in [9.17, 15) is 14.9 Å². The van der Waals surface area contributed by atoms with Gasteiger partial charge in [-0.25, -0.2) is 0 Å². The third-order valence-electron chi connectivity index (χ3n) is 4.45. The molecular formula is C19H23N3O2. The summed E-state index contributed by atoms with van der Waals surface area (Å²) in [5.41, 5.74) is 1.05. The molecule has 0 heterocycles. The summed E-state index contributed by atoms with van der Waals surface area (Å²) in [4.78, 5) is 23.6. The van der Waals surface area contributed by atoms with E-state index in [1.54, 1.807) is 24.3 Å². The van der Waals surface area contributed by atoms with E-state index < -0.39 is 5.91 Å². The quantitative estimate of drug-likeness (QED) is 0.494.